The van der Waals surface area contributed by atoms with E-state index < -0.39 is 18.2 Å². The van der Waals surface area contributed by atoms with Gasteiger partial charge >= 0.3 is 6.09 Å². The van der Waals surface area contributed by atoms with E-state index in [1.54, 1.807) is 26.8 Å². The highest BCUT2D eigenvalue weighted by molar-refractivity contribution is 7.94. The van der Waals surface area contributed by atoms with Gasteiger partial charge in [0.15, 0.2) is 6.10 Å². The van der Waals surface area contributed by atoms with Crippen LogP contribution in [-0.2, 0) is 18.5 Å². The zero-order valence-corrected chi connectivity index (χ0v) is 19.7. The van der Waals surface area contributed by atoms with Crippen LogP contribution in [0.5, 0.6) is 0 Å². The van der Waals surface area contributed by atoms with Crippen LogP contribution in [0.4, 0.5) is 4.79 Å². The monoisotopic (exact) mass is 431 g/mol. The number of nitrogens with zero attached hydrogens (tertiary/aromatic N) is 1. The number of rotatable bonds is 12. The molecule has 2 N–H and O–H groups in total. The second-order valence-electron chi connectivity index (χ2n) is 7.42. The topological polar surface area (TPSA) is 97.0 Å². The van der Waals surface area contributed by atoms with Gasteiger partial charge in [0.05, 0.1) is 6.04 Å². The van der Waals surface area contributed by atoms with E-state index in [-0.39, 0.29) is 30.5 Å². The number of hydrogen-bond acceptors (Lipinski definition) is 6. The summed E-state index contributed by atoms with van der Waals surface area (Å²) in [6, 6.07) is -0.398. The molecule has 29 heavy (non-hydrogen) atoms. The van der Waals surface area contributed by atoms with Crippen LogP contribution in [-0.4, -0.2) is 60.5 Å². The zero-order valence-electron chi connectivity index (χ0n) is 18.9. The summed E-state index contributed by atoms with van der Waals surface area (Å²) in [7, 11) is 1.44. The number of alkyl carbamates (subject to hydrolysis) is 1. The molecular formula is C20H37N3O5S. The van der Waals surface area contributed by atoms with Gasteiger partial charge in [0.1, 0.15) is 6.73 Å². The molecule has 0 aromatic rings. The van der Waals surface area contributed by atoms with Crippen LogP contribution in [0, 0.1) is 11.8 Å². The molecule has 0 radical (unpaired) electrons. The number of nitrogens with one attached hydrogen (secondary N) is 2. The molecule has 0 aromatic heterocycles. The standard InChI is InChI=1S/C20H37N3O5S/c1-9-29-27-12-23(19(25)18(14(4)5)28-20(26)21-8)15(6)10-11-17(24)22-16(7)13(2)3/h10-11,13-16,18H,9,12H2,1-8H3,(H,21,26)(H,22,24)/b11-10+. The second kappa shape index (κ2) is 14.3. The van der Waals surface area contributed by atoms with E-state index in [4.69, 9.17) is 8.92 Å². The summed E-state index contributed by atoms with van der Waals surface area (Å²) >= 11 is 1.23. The lowest BCUT2D eigenvalue weighted by Gasteiger charge is -2.31. The molecule has 0 saturated carbocycles. The van der Waals surface area contributed by atoms with E-state index in [2.05, 4.69) is 10.6 Å². The van der Waals surface area contributed by atoms with Crippen LogP contribution in [0.25, 0.3) is 0 Å². The first-order chi connectivity index (χ1) is 13.5. The molecule has 3 atom stereocenters. The molecule has 0 aromatic carbocycles. The molecule has 0 aliphatic carbocycles. The first-order valence-electron chi connectivity index (χ1n) is 9.96. The molecule has 9 heteroatoms. The van der Waals surface area contributed by atoms with Crippen LogP contribution >= 0.6 is 12.0 Å². The minimum absolute atomic E-state index is 0.00713. The third-order valence-corrected chi connectivity index (χ3v) is 4.86. The Morgan fingerprint density at radius 1 is 1.07 bits per heavy atom. The highest BCUT2D eigenvalue weighted by atomic mass is 32.2. The first kappa shape index (κ1) is 27.3. The minimum Gasteiger partial charge on any atom is -0.436 e. The van der Waals surface area contributed by atoms with Crippen molar-refractivity contribution in [3.8, 4) is 0 Å². The van der Waals surface area contributed by atoms with Crippen LogP contribution in [0.2, 0.25) is 0 Å². The fourth-order valence-corrected chi connectivity index (χ4v) is 2.49. The van der Waals surface area contributed by atoms with Crippen molar-refractivity contribution < 1.29 is 23.3 Å². The van der Waals surface area contributed by atoms with Crippen molar-refractivity contribution in [1.29, 1.82) is 0 Å². The Morgan fingerprint density at radius 2 is 1.69 bits per heavy atom. The van der Waals surface area contributed by atoms with Crippen LogP contribution < -0.4 is 10.6 Å². The van der Waals surface area contributed by atoms with Gasteiger partial charge in [0, 0.05) is 24.9 Å². The molecule has 0 heterocycles. The zero-order chi connectivity index (χ0) is 22.6. The Morgan fingerprint density at radius 3 is 2.17 bits per heavy atom. The van der Waals surface area contributed by atoms with Gasteiger partial charge in [-0.05, 0) is 37.7 Å². The Labute approximate surface area is 179 Å². The van der Waals surface area contributed by atoms with Gasteiger partial charge in [-0.1, -0.05) is 40.7 Å². The Kier molecular flexibility index (Phi) is 13.4. The van der Waals surface area contributed by atoms with Gasteiger partial charge in [-0.15, -0.1) is 0 Å². The molecule has 0 aliphatic heterocycles. The fourth-order valence-electron chi connectivity index (χ4n) is 2.14. The maximum Gasteiger partial charge on any atom is 0.407 e. The smallest absolute Gasteiger partial charge is 0.407 e. The van der Waals surface area contributed by atoms with Crippen molar-refractivity contribution in [3.63, 3.8) is 0 Å². The molecular weight excluding hydrogens is 394 g/mol. The van der Waals surface area contributed by atoms with Crippen molar-refractivity contribution in [1.82, 2.24) is 15.5 Å². The number of ether oxygens (including phenoxy) is 1. The average molecular weight is 432 g/mol. The third kappa shape index (κ3) is 10.6. The van der Waals surface area contributed by atoms with Crippen molar-refractivity contribution in [2.75, 3.05) is 19.5 Å². The van der Waals surface area contributed by atoms with Crippen molar-refractivity contribution >= 4 is 30.0 Å². The van der Waals surface area contributed by atoms with E-state index >= 15 is 0 Å². The summed E-state index contributed by atoms with van der Waals surface area (Å²) in [4.78, 5) is 38.3. The highest BCUT2D eigenvalue weighted by Gasteiger charge is 2.32. The van der Waals surface area contributed by atoms with Crippen molar-refractivity contribution in [2.45, 2.75) is 66.7 Å². The molecule has 3 amide bonds. The lowest BCUT2D eigenvalue weighted by atomic mass is 10.1. The number of carbonyl (C=O) groups is 3. The maximum atomic E-state index is 13.1. The summed E-state index contributed by atoms with van der Waals surface area (Å²) in [6.45, 7) is 13.3. The quantitative estimate of drug-likeness (QED) is 0.213. The van der Waals surface area contributed by atoms with Crippen LogP contribution in [0.3, 0.4) is 0 Å². The number of hydrogen-bond donors (Lipinski definition) is 2. The molecule has 0 fully saturated rings. The molecule has 0 spiro atoms. The van der Waals surface area contributed by atoms with Gasteiger partial charge in [-0.3, -0.25) is 13.8 Å². The van der Waals surface area contributed by atoms with E-state index in [1.807, 2.05) is 27.7 Å². The summed E-state index contributed by atoms with van der Waals surface area (Å²) in [5, 5.41) is 5.25. The number of amides is 3. The summed E-state index contributed by atoms with van der Waals surface area (Å²) in [5.41, 5.74) is 0. The predicted octanol–water partition coefficient (Wildman–Crippen LogP) is 2.94. The van der Waals surface area contributed by atoms with Gasteiger partial charge in [-0.2, -0.15) is 0 Å². The molecule has 0 aliphatic rings. The third-order valence-electron chi connectivity index (χ3n) is 4.35. The van der Waals surface area contributed by atoms with Crippen LogP contribution in [0.1, 0.15) is 48.5 Å². The van der Waals surface area contributed by atoms with Gasteiger partial charge < -0.3 is 20.3 Å². The summed E-state index contributed by atoms with van der Waals surface area (Å²) < 4.78 is 10.7. The highest BCUT2D eigenvalue weighted by Crippen LogP contribution is 2.16. The number of carbonyl (C=O) groups excluding carboxylic acids is 3. The van der Waals surface area contributed by atoms with Crippen molar-refractivity contribution in [3.05, 3.63) is 12.2 Å². The molecule has 8 nitrogen and oxygen atoms in total. The van der Waals surface area contributed by atoms with Gasteiger partial charge in [0.25, 0.3) is 5.91 Å². The normalized spacial score (nSPS) is 14.6. The van der Waals surface area contributed by atoms with Gasteiger partial charge in [0.2, 0.25) is 5.91 Å². The lowest BCUT2D eigenvalue weighted by Crippen LogP contribution is -2.48. The maximum absolute atomic E-state index is 13.1. The predicted molar refractivity (Wildman–Crippen MR) is 116 cm³/mol. The first-order valence-corrected chi connectivity index (χ1v) is 10.9. The van der Waals surface area contributed by atoms with Crippen LogP contribution in [0.15, 0.2) is 12.2 Å². The molecule has 168 valence electrons. The SMILES string of the molecule is CCSOCN(C(=O)C(OC(=O)NC)C(C)C)C(C)/C=C/C(=O)NC(C)C(C)C. The molecule has 0 bridgehead atoms. The van der Waals surface area contributed by atoms with Gasteiger partial charge in [-0.25, -0.2) is 4.79 Å². The Balaban J connectivity index is 5.34. The fraction of sp³-hybridized carbons (Fsp3) is 0.750. The van der Waals surface area contributed by atoms with E-state index in [1.165, 1.54) is 30.1 Å². The average Bonchev–Trinajstić information content (AvgIpc) is 2.66. The van der Waals surface area contributed by atoms with E-state index in [0.717, 1.165) is 5.75 Å². The summed E-state index contributed by atoms with van der Waals surface area (Å²) in [5.74, 6) is 0.206. The van der Waals surface area contributed by atoms with E-state index in [0.29, 0.717) is 5.92 Å². The second-order valence-corrected chi connectivity index (χ2v) is 8.47. The lowest BCUT2D eigenvalue weighted by molar-refractivity contribution is -0.146. The Bertz CT molecular complexity index is 554. The largest absolute Gasteiger partial charge is 0.436 e. The van der Waals surface area contributed by atoms with E-state index in [9.17, 15) is 14.4 Å². The summed E-state index contributed by atoms with van der Waals surface area (Å²) in [6.07, 6.45) is 1.42. The molecule has 3 unspecified atom stereocenters. The molecule has 0 saturated heterocycles. The minimum atomic E-state index is -0.962. The Hall–Kier alpha value is -1.74. The molecule has 0 rings (SSSR count). The van der Waals surface area contributed by atoms with Crippen molar-refractivity contribution in [2.24, 2.45) is 11.8 Å².